The van der Waals surface area contributed by atoms with Crippen molar-refractivity contribution >= 4 is 5.78 Å². The Morgan fingerprint density at radius 1 is 0.568 bits per heavy atom. The van der Waals surface area contributed by atoms with Gasteiger partial charge < -0.3 is 45.6 Å². The van der Waals surface area contributed by atoms with Crippen LogP contribution in [0.1, 0.15) is 84.5 Å². The number of carbonyl (C=O) groups is 1. The zero-order valence-electron chi connectivity index (χ0n) is 26.1. The Kier molecular flexibility index (Phi) is 19.0. The molecule has 0 aliphatic rings. The molecule has 0 saturated heterocycles. The molecule has 0 aromatic heterocycles. The molecular weight excluding hydrogens is 564 g/mol. The Bertz CT molecular complexity index is 1250. The highest BCUT2D eigenvalue weighted by Crippen LogP contribution is 2.20. The van der Waals surface area contributed by atoms with Crippen molar-refractivity contribution in [2.45, 2.75) is 105 Å². The number of rotatable bonds is 14. The molecule has 0 amide bonds. The van der Waals surface area contributed by atoms with E-state index in [4.69, 9.17) is 35.7 Å². The SMILES string of the molecule is CC(=O)CCc1ccc(CO)c(CO)c1.CC(O)CCc1ccc(CO)c(CO)c1.CC(O)CCc1ccc(CO)c(O)c1. The van der Waals surface area contributed by atoms with Crippen LogP contribution in [0.4, 0.5) is 0 Å². The van der Waals surface area contributed by atoms with Gasteiger partial charge >= 0.3 is 0 Å². The highest BCUT2D eigenvalue weighted by molar-refractivity contribution is 5.75. The third kappa shape index (κ3) is 15.0. The number of aliphatic hydroxyl groups is 7. The lowest BCUT2D eigenvalue weighted by Crippen LogP contribution is -2.02. The molecule has 0 heterocycles. The second-order valence-corrected chi connectivity index (χ2v) is 10.9. The summed E-state index contributed by atoms with van der Waals surface area (Å²) in [6.07, 6.45) is 3.49. The van der Waals surface area contributed by atoms with E-state index in [1.165, 1.54) is 0 Å². The van der Waals surface area contributed by atoms with E-state index in [2.05, 4.69) is 0 Å². The van der Waals surface area contributed by atoms with E-state index in [0.717, 1.165) is 51.8 Å². The van der Waals surface area contributed by atoms with E-state index in [0.29, 0.717) is 31.2 Å². The van der Waals surface area contributed by atoms with E-state index in [1.54, 1.807) is 39.0 Å². The van der Waals surface area contributed by atoms with Crippen LogP contribution in [-0.2, 0) is 57.1 Å². The summed E-state index contributed by atoms with van der Waals surface area (Å²) >= 11 is 0. The fraction of sp³-hybridized carbons (Fsp3) is 0.457. The molecule has 9 heteroatoms. The van der Waals surface area contributed by atoms with Gasteiger partial charge in [0, 0.05) is 12.0 Å². The van der Waals surface area contributed by atoms with Crippen molar-refractivity contribution < 1.29 is 45.6 Å². The molecule has 2 atom stereocenters. The number of ketones is 1. The summed E-state index contributed by atoms with van der Waals surface area (Å²) in [5, 5.41) is 72.7. The minimum atomic E-state index is -0.324. The van der Waals surface area contributed by atoms with Gasteiger partial charge in [-0.25, -0.2) is 0 Å². The maximum absolute atomic E-state index is 10.8. The van der Waals surface area contributed by atoms with Crippen molar-refractivity contribution in [3.63, 3.8) is 0 Å². The van der Waals surface area contributed by atoms with Crippen molar-refractivity contribution in [2.75, 3.05) is 0 Å². The van der Waals surface area contributed by atoms with Gasteiger partial charge in [-0.1, -0.05) is 48.5 Å². The number of aryl methyl sites for hydroxylation is 3. The Hall–Kier alpha value is -3.15. The fourth-order valence-electron chi connectivity index (χ4n) is 4.24. The fourth-order valence-corrected chi connectivity index (χ4v) is 4.24. The first-order chi connectivity index (χ1) is 21.0. The van der Waals surface area contributed by atoms with Gasteiger partial charge in [-0.2, -0.15) is 0 Å². The Balaban J connectivity index is 0.000000330. The Labute approximate surface area is 260 Å². The second kappa shape index (κ2) is 21.5. The number of aliphatic hydroxyl groups excluding tert-OH is 7. The third-order valence-corrected chi connectivity index (χ3v) is 7.01. The van der Waals surface area contributed by atoms with Gasteiger partial charge in [0.15, 0.2) is 0 Å². The molecule has 44 heavy (non-hydrogen) atoms. The van der Waals surface area contributed by atoms with E-state index in [9.17, 15) is 9.90 Å². The molecule has 0 radical (unpaired) electrons. The van der Waals surface area contributed by atoms with Gasteiger partial charge in [0.1, 0.15) is 11.5 Å². The maximum atomic E-state index is 10.8. The molecule has 0 bridgehead atoms. The van der Waals surface area contributed by atoms with E-state index >= 15 is 0 Å². The van der Waals surface area contributed by atoms with Gasteiger partial charge in [-0.15, -0.1) is 0 Å². The molecule has 8 N–H and O–H groups in total. The van der Waals surface area contributed by atoms with Crippen molar-refractivity contribution in [1.29, 1.82) is 0 Å². The number of hydrogen-bond acceptors (Lipinski definition) is 9. The molecule has 244 valence electrons. The van der Waals surface area contributed by atoms with Crippen LogP contribution < -0.4 is 0 Å². The van der Waals surface area contributed by atoms with Crippen molar-refractivity contribution in [3.8, 4) is 5.75 Å². The van der Waals surface area contributed by atoms with E-state index in [-0.39, 0.29) is 56.8 Å². The Morgan fingerprint density at radius 3 is 1.27 bits per heavy atom. The quantitative estimate of drug-likeness (QED) is 0.135. The van der Waals surface area contributed by atoms with Crippen LogP contribution in [0.5, 0.6) is 5.75 Å². The normalized spacial score (nSPS) is 12.0. The minimum Gasteiger partial charge on any atom is -0.508 e. The Morgan fingerprint density at radius 2 is 0.932 bits per heavy atom. The summed E-state index contributed by atoms with van der Waals surface area (Å²) in [4.78, 5) is 10.8. The van der Waals surface area contributed by atoms with Crippen LogP contribution in [0.2, 0.25) is 0 Å². The molecule has 3 aromatic carbocycles. The molecule has 2 unspecified atom stereocenters. The van der Waals surface area contributed by atoms with E-state index in [1.807, 2.05) is 36.4 Å². The topological polar surface area (TPSA) is 179 Å². The summed E-state index contributed by atoms with van der Waals surface area (Å²) in [6, 6.07) is 16.3. The molecule has 3 aromatic rings. The standard InChI is InChI=1S/C12H18O3.C12H16O3.C11H16O3/c2*1-9(15)2-3-10-4-5-11(7-13)12(6-10)8-14;1-8(13)2-3-9-4-5-10(7-12)11(14)6-9/h4-6,9,13-15H,2-3,7-8H2,1H3;4-6,13-14H,2-3,7-8H2,1H3;4-6,8,12-14H,2-3,7H2,1H3. The predicted molar refractivity (Wildman–Crippen MR) is 170 cm³/mol. The number of benzene rings is 3. The zero-order valence-corrected chi connectivity index (χ0v) is 26.1. The van der Waals surface area contributed by atoms with Gasteiger partial charge in [-0.05, 0) is 97.9 Å². The lowest BCUT2D eigenvalue weighted by atomic mass is 10.0. The second-order valence-electron chi connectivity index (χ2n) is 10.9. The van der Waals surface area contributed by atoms with Gasteiger partial charge in [0.05, 0.1) is 45.2 Å². The summed E-state index contributed by atoms with van der Waals surface area (Å²) in [5.41, 5.74) is 6.61. The van der Waals surface area contributed by atoms with Crippen LogP contribution in [0.25, 0.3) is 0 Å². The average molecular weight is 615 g/mol. The average Bonchev–Trinajstić information content (AvgIpc) is 3.02. The molecule has 0 spiro atoms. The summed E-state index contributed by atoms with van der Waals surface area (Å²) < 4.78 is 0. The molecule has 0 fully saturated rings. The van der Waals surface area contributed by atoms with Crippen LogP contribution in [0.15, 0.2) is 54.6 Å². The number of Topliss-reactive ketones (excluding diaryl/α,β-unsaturated/α-hetero) is 1. The zero-order chi connectivity index (χ0) is 33.1. The monoisotopic (exact) mass is 614 g/mol. The van der Waals surface area contributed by atoms with Gasteiger partial charge in [0.25, 0.3) is 0 Å². The first-order valence-corrected chi connectivity index (χ1v) is 14.9. The van der Waals surface area contributed by atoms with Crippen LogP contribution in [0, 0.1) is 0 Å². The molecule has 9 nitrogen and oxygen atoms in total. The smallest absolute Gasteiger partial charge is 0.130 e. The largest absolute Gasteiger partial charge is 0.508 e. The van der Waals surface area contributed by atoms with Crippen LogP contribution in [0.3, 0.4) is 0 Å². The highest BCUT2D eigenvalue weighted by atomic mass is 16.3. The third-order valence-electron chi connectivity index (χ3n) is 7.01. The minimum absolute atomic E-state index is 0.0490. The highest BCUT2D eigenvalue weighted by Gasteiger charge is 2.05. The van der Waals surface area contributed by atoms with E-state index < -0.39 is 0 Å². The predicted octanol–water partition coefficient (Wildman–Crippen LogP) is 3.38. The van der Waals surface area contributed by atoms with Crippen LogP contribution in [-0.4, -0.2) is 58.8 Å². The van der Waals surface area contributed by atoms with Crippen LogP contribution >= 0.6 is 0 Å². The first-order valence-electron chi connectivity index (χ1n) is 14.9. The summed E-state index contributed by atoms with van der Waals surface area (Å²) in [6.45, 7) is 4.66. The summed E-state index contributed by atoms with van der Waals surface area (Å²) in [5.74, 6) is 0.280. The number of aromatic hydroxyl groups is 1. The molecule has 0 aliphatic heterocycles. The van der Waals surface area contributed by atoms with Crippen molar-refractivity contribution in [2.24, 2.45) is 0 Å². The first kappa shape index (κ1) is 38.9. The number of hydrogen-bond donors (Lipinski definition) is 8. The van der Waals surface area contributed by atoms with Gasteiger partial charge in [0.2, 0.25) is 0 Å². The maximum Gasteiger partial charge on any atom is 0.130 e. The van der Waals surface area contributed by atoms with Gasteiger partial charge in [-0.3, -0.25) is 0 Å². The van der Waals surface area contributed by atoms with Crippen molar-refractivity contribution in [1.82, 2.24) is 0 Å². The van der Waals surface area contributed by atoms with Crippen molar-refractivity contribution in [3.05, 3.63) is 99.1 Å². The lowest BCUT2D eigenvalue weighted by molar-refractivity contribution is -0.116. The number of phenols is 1. The molecule has 0 saturated carbocycles. The number of carbonyl (C=O) groups excluding carboxylic acids is 1. The summed E-state index contributed by atoms with van der Waals surface area (Å²) in [7, 11) is 0. The lowest BCUT2D eigenvalue weighted by Gasteiger charge is -2.09. The molecular formula is C35H50O9. The molecule has 0 aliphatic carbocycles. The molecule has 3 rings (SSSR count).